The quantitative estimate of drug-likeness (QED) is 0.893. The second-order valence-corrected chi connectivity index (χ2v) is 4.55. The van der Waals surface area contributed by atoms with Crippen molar-refractivity contribution >= 4 is 17.6 Å². The van der Waals surface area contributed by atoms with Gasteiger partial charge in [-0.2, -0.15) is 5.10 Å². The second kappa shape index (κ2) is 5.56. The molecule has 0 radical (unpaired) electrons. The van der Waals surface area contributed by atoms with E-state index in [2.05, 4.69) is 10.4 Å². The van der Waals surface area contributed by atoms with Crippen molar-refractivity contribution in [3.63, 3.8) is 0 Å². The van der Waals surface area contributed by atoms with E-state index >= 15 is 0 Å². The standard InChI is InChI=1S/C14H15N3O3/c1-9-4-3-5-12(6-9)16-13(18)10(2)17-8-11(7-15-17)14(19)20/h3-8,10H,1-2H3,(H,16,18)(H,19,20). The smallest absolute Gasteiger partial charge is 0.338 e. The van der Waals surface area contributed by atoms with Crippen molar-refractivity contribution in [2.24, 2.45) is 0 Å². The van der Waals surface area contributed by atoms with E-state index in [1.807, 2.05) is 25.1 Å². The highest BCUT2D eigenvalue weighted by Gasteiger charge is 2.17. The Kier molecular flexibility index (Phi) is 3.84. The molecule has 1 unspecified atom stereocenters. The molecule has 6 heteroatoms. The molecule has 20 heavy (non-hydrogen) atoms. The number of benzene rings is 1. The van der Waals surface area contributed by atoms with Crippen LogP contribution >= 0.6 is 0 Å². The number of carbonyl (C=O) groups excluding carboxylic acids is 1. The third kappa shape index (κ3) is 3.03. The number of carbonyl (C=O) groups is 2. The predicted molar refractivity (Wildman–Crippen MR) is 73.7 cm³/mol. The van der Waals surface area contributed by atoms with Gasteiger partial charge < -0.3 is 10.4 Å². The number of anilines is 1. The summed E-state index contributed by atoms with van der Waals surface area (Å²) >= 11 is 0. The molecule has 0 saturated heterocycles. The molecule has 1 aromatic heterocycles. The lowest BCUT2D eigenvalue weighted by Crippen LogP contribution is -2.24. The van der Waals surface area contributed by atoms with Gasteiger partial charge in [0, 0.05) is 11.9 Å². The van der Waals surface area contributed by atoms with E-state index in [1.54, 1.807) is 13.0 Å². The van der Waals surface area contributed by atoms with Crippen LogP contribution in [0.3, 0.4) is 0 Å². The number of aromatic nitrogens is 2. The number of hydrogen-bond acceptors (Lipinski definition) is 3. The topological polar surface area (TPSA) is 84.2 Å². The minimum Gasteiger partial charge on any atom is -0.478 e. The van der Waals surface area contributed by atoms with Gasteiger partial charge in [-0.25, -0.2) is 4.79 Å². The summed E-state index contributed by atoms with van der Waals surface area (Å²) in [5.74, 6) is -1.32. The highest BCUT2D eigenvalue weighted by molar-refractivity contribution is 5.93. The summed E-state index contributed by atoms with van der Waals surface area (Å²) in [6.07, 6.45) is 2.56. The van der Waals surface area contributed by atoms with Crippen molar-refractivity contribution in [3.8, 4) is 0 Å². The van der Waals surface area contributed by atoms with Crippen LogP contribution in [0.1, 0.15) is 28.9 Å². The van der Waals surface area contributed by atoms with Gasteiger partial charge in [0.05, 0.1) is 11.8 Å². The average molecular weight is 273 g/mol. The molecule has 6 nitrogen and oxygen atoms in total. The number of aromatic carboxylic acids is 1. The Morgan fingerprint density at radius 1 is 1.40 bits per heavy atom. The highest BCUT2D eigenvalue weighted by atomic mass is 16.4. The molecule has 1 heterocycles. The molecular weight excluding hydrogens is 258 g/mol. The Balaban J connectivity index is 2.10. The summed E-state index contributed by atoms with van der Waals surface area (Å²) in [6.45, 7) is 3.59. The molecule has 2 aromatic rings. The van der Waals surface area contributed by atoms with Gasteiger partial charge in [-0.3, -0.25) is 9.48 Å². The summed E-state index contributed by atoms with van der Waals surface area (Å²) in [5.41, 5.74) is 1.80. The van der Waals surface area contributed by atoms with Gasteiger partial charge >= 0.3 is 5.97 Å². The molecule has 0 fully saturated rings. The van der Waals surface area contributed by atoms with Gasteiger partial charge in [0.15, 0.2) is 0 Å². The van der Waals surface area contributed by atoms with Gasteiger partial charge in [-0.15, -0.1) is 0 Å². The number of aryl methyl sites for hydroxylation is 1. The molecule has 0 aliphatic heterocycles. The number of nitrogens with zero attached hydrogens (tertiary/aromatic N) is 2. The molecule has 0 saturated carbocycles. The molecule has 0 bridgehead atoms. The molecule has 0 spiro atoms. The Morgan fingerprint density at radius 2 is 2.15 bits per heavy atom. The van der Waals surface area contributed by atoms with Gasteiger partial charge in [0.25, 0.3) is 0 Å². The van der Waals surface area contributed by atoms with Crippen molar-refractivity contribution in [2.75, 3.05) is 5.32 Å². The van der Waals surface area contributed by atoms with Gasteiger partial charge in [-0.05, 0) is 31.5 Å². The largest absolute Gasteiger partial charge is 0.478 e. The average Bonchev–Trinajstić information content (AvgIpc) is 2.87. The summed E-state index contributed by atoms with van der Waals surface area (Å²) in [5, 5.41) is 15.5. The van der Waals surface area contributed by atoms with Crippen LogP contribution in [0.5, 0.6) is 0 Å². The minimum atomic E-state index is -1.07. The molecule has 1 atom stereocenters. The van der Waals surface area contributed by atoms with Crippen molar-refractivity contribution < 1.29 is 14.7 Å². The zero-order chi connectivity index (χ0) is 14.7. The molecule has 0 aliphatic carbocycles. The molecule has 104 valence electrons. The number of carboxylic acids is 1. The summed E-state index contributed by atoms with van der Waals surface area (Å²) in [7, 11) is 0. The summed E-state index contributed by atoms with van der Waals surface area (Å²) in [4.78, 5) is 22.9. The molecule has 2 rings (SSSR count). The lowest BCUT2D eigenvalue weighted by atomic mass is 10.2. The van der Waals surface area contributed by atoms with Crippen LogP contribution in [-0.4, -0.2) is 26.8 Å². The molecule has 0 aliphatic rings. The van der Waals surface area contributed by atoms with Gasteiger partial charge in [0.2, 0.25) is 5.91 Å². The van der Waals surface area contributed by atoms with Crippen LogP contribution in [0.15, 0.2) is 36.7 Å². The zero-order valence-corrected chi connectivity index (χ0v) is 11.2. The Bertz CT molecular complexity index is 649. The van der Waals surface area contributed by atoms with Crippen molar-refractivity contribution in [1.29, 1.82) is 0 Å². The monoisotopic (exact) mass is 273 g/mol. The fourth-order valence-electron chi connectivity index (χ4n) is 1.75. The Labute approximate surface area is 116 Å². The van der Waals surface area contributed by atoms with Crippen molar-refractivity contribution in [3.05, 3.63) is 47.8 Å². The van der Waals surface area contributed by atoms with Gasteiger partial charge in [-0.1, -0.05) is 12.1 Å². The van der Waals surface area contributed by atoms with E-state index in [4.69, 9.17) is 5.11 Å². The lowest BCUT2D eigenvalue weighted by Gasteiger charge is -2.12. The van der Waals surface area contributed by atoms with E-state index in [0.29, 0.717) is 5.69 Å². The molecule has 2 N–H and O–H groups in total. The molecular formula is C14H15N3O3. The maximum atomic E-state index is 12.1. The fraction of sp³-hybridized carbons (Fsp3) is 0.214. The third-order valence-electron chi connectivity index (χ3n) is 2.91. The highest BCUT2D eigenvalue weighted by Crippen LogP contribution is 2.13. The number of amides is 1. The third-order valence-corrected chi connectivity index (χ3v) is 2.91. The van der Waals surface area contributed by atoms with Crippen molar-refractivity contribution in [2.45, 2.75) is 19.9 Å². The Hall–Kier alpha value is -2.63. The lowest BCUT2D eigenvalue weighted by molar-refractivity contribution is -0.119. The molecule has 1 aromatic carbocycles. The summed E-state index contributed by atoms with van der Waals surface area (Å²) in [6, 6.07) is 6.85. The zero-order valence-electron chi connectivity index (χ0n) is 11.2. The number of carboxylic acid groups (broad SMARTS) is 1. The van der Waals surface area contributed by atoms with Gasteiger partial charge in [0.1, 0.15) is 6.04 Å². The first-order chi connectivity index (χ1) is 9.47. The van der Waals surface area contributed by atoms with Crippen LogP contribution in [0.2, 0.25) is 0 Å². The molecule has 1 amide bonds. The first-order valence-corrected chi connectivity index (χ1v) is 6.12. The van der Waals surface area contributed by atoms with E-state index in [0.717, 1.165) is 5.56 Å². The first-order valence-electron chi connectivity index (χ1n) is 6.12. The summed E-state index contributed by atoms with van der Waals surface area (Å²) < 4.78 is 1.33. The number of hydrogen-bond donors (Lipinski definition) is 2. The van der Waals surface area contributed by atoms with Crippen LogP contribution in [-0.2, 0) is 4.79 Å². The number of nitrogens with one attached hydrogen (secondary N) is 1. The Morgan fingerprint density at radius 3 is 2.75 bits per heavy atom. The van der Waals surface area contributed by atoms with E-state index < -0.39 is 12.0 Å². The minimum absolute atomic E-state index is 0.0557. The predicted octanol–water partition coefficient (Wildman–Crippen LogP) is 2.09. The SMILES string of the molecule is Cc1cccc(NC(=O)C(C)n2cc(C(=O)O)cn2)c1. The van der Waals surface area contributed by atoms with E-state index in [1.165, 1.54) is 17.1 Å². The van der Waals surface area contributed by atoms with Crippen molar-refractivity contribution in [1.82, 2.24) is 9.78 Å². The van der Waals surface area contributed by atoms with Crippen LogP contribution in [0.25, 0.3) is 0 Å². The normalized spacial score (nSPS) is 11.9. The van der Waals surface area contributed by atoms with Crippen LogP contribution in [0, 0.1) is 6.92 Å². The maximum absolute atomic E-state index is 12.1. The second-order valence-electron chi connectivity index (χ2n) is 4.55. The first kappa shape index (κ1) is 13.8. The fourth-order valence-corrected chi connectivity index (χ4v) is 1.75. The van der Waals surface area contributed by atoms with Crippen LogP contribution in [0.4, 0.5) is 5.69 Å². The van der Waals surface area contributed by atoms with Crippen LogP contribution < -0.4 is 5.32 Å². The van der Waals surface area contributed by atoms with E-state index in [-0.39, 0.29) is 11.5 Å². The van der Waals surface area contributed by atoms with E-state index in [9.17, 15) is 9.59 Å². The number of rotatable bonds is 4. The maximum Gasteiger partial charge on any atom is 0.338 e.